The molecule has 1 aromatic carbocycles. The summed E-state index contributed by atoms with van der Waals surface area (Å²) in [4.78, 5) is 0. The van der Waals surface area contributed by atoms with Crippen LogP contribution in [0.1, 0.15) is 19.4 Å². The lowest BCUT2D eigenvalue weighted by Gasteiger charge is -2.02. The van der Waals surface area contributed by atoms with Gasteiger partial charge in [-0.25, -0.2) is 0 Å². The van der Waals surface area contributed by atoms with Gasteiger partial charge in [-0.15, -0.1) is 0 Å². The third kappa shape index (κ3) is 3.29. The standard InChI is InChI=1S/C7H3F3.C2H6/c8-7(9,10)6-4-2-1-3-5-6;1-2/h2,4-5H;1-2H3. The number of hydrogen-bond acceptors (Lipinski definition) is 0. The molecule has 0 fully saturated rings. The highest BCUT2D eigenvalue weighted by molar-refractivity contribution is 5.13. The molecule has 0 radical (unpaired) electrons. The van der Waals surface area contributed by atoms with Crippen molar-refractivity contribution in [2.45, 2.75) is 20.0 Å². The average Bonchev–Trinajstić information content (AvgIpc) is 2.08. The Kier molecular flexibility index (Phi) is 4.20. The summed E-state index contributed by atoms with van der Waals surface area (Å²) in [5.74, 6) is 0. The fraction of sp³-hybridized carbons (Fsp3) is 0.333. The maximum absolute atomic E-state index is 11.8. The van der Waals surface area contributed by atoms with Crippen molar-refractivity contribution in [2.75, 3.05) is 0 Å². The average molecular weight is 174 g/mol. The van der Waals surface area contributed by atoms with E-state index in [0.29, 0.717) is 0 Å². The van der Waals surface area contributed by atoms with Crippen LogP contribution in [0.15, 0.2) is 18.2 Å². The fourth-order valence-electron chi connectivity index (χ4n) is 0.523. The number of hydrogen-bond donors (Lipinski definition) is 0. The minimum atomic E-state index is -4.26. The van der Waals surface area contributed by atoms with Crippen LogP contribution in [0.25, 0.3) is 0 Å². The normalized spacial score (nSPS) is 9.42. The highest BCUT2D eigenvalue weighted by Crippen LogP contribution is 2.27. The first-order valence-electron chi connectivity index (χ1n) is 3.55. The van der Waals surface area contributed by atoms with E-state index in [4.69, 9.17) is 0 Å². The smallest absolute Gasteiger partial charge is 0.166 e. The van der Waals surface area contributed by atoms with Gasteiger partial charge >= 0.3 is 6.18 Å². The molecule has 0 aliphatic carbocycles. The maximum atomic E-state index is 11.8. The molecule has 12 heavy (non-hydrogen) atoms. The Balaban J connectivity index is 0.000000561. The predicted octanol–water partition coefficient (Wildman–Crippen LogP) is 3.33. The van der Waals surface area contributed by atoms with Gasteiger partial charge in [0.15, 0.2) is 0 Å². The highest BCUT2D eigenvalue weighted by atomic mass is 19.4. The van der Waals surface area contributed by atoms with E-state index < -0.39 is 11.7 Å². The van der Waals surface area contributed by atoms with E-state index in [2.05, 4.69) is 12.1 Å². The minimum absolute atomic E-state index is 0.689. The van der Waals surface area contributed by atoms with Gasteiger partial charge in [0, 0.05) is 6.07 Å². The van der Waals surface area contributed by atoms with Gasteiger partial charge in [0.25, 0.3) is 0 Å². The largest absolute Gasteiger partial charge is 0.417 e. The van der Waals surface area contributed by atoms with Crippen molar-refractivity contribution < 1.29 is 13.2 Å². The van der Waals surface area contributed by atoms with E-state index >= 15 is 0 Å². The van der Waals surface area contributed by atoms with Crippen molar-refractivity contribution in [1.29, 1.82) is 0 Å². The lowest BCUT2D eigenvalue weighted by Crippen LogP contribution is -2.03. The van der Waals surface area contributed by atoms with E-state index in [0.717, 1.165) is 12.1 Å². The SMILES string of the molecule is CC.FC(F)(F)c1cc#ccc1. The van der Waals surface area contributed by atoms with Crippen LogP contribution >= 0.6 is 0 Å². The molecule has 0 heterocycles. The first-order chi connectivity index (χ1) is 5.61. The van der Waals surface area contributed by atoms with Crippen LogP contribution in [0.5, 0.6) is 0 Å². The summed E-state index contributed by atoms with van der Waals surface area (Å²) in [5.41, 5.74) is -0.689. The van der Waals surface area contributed by atoms with Crippen LogP contribution < -0.4 is 0 Å². The molecule has 0 amide bonds. The Labute approximate surface area is 70.0 Å². The van der Waals surface area contributed by atoms with E-state index in [9.17, 15) is 13.2 Å². The summed E-state index contributed by atoms with van der Waals surface area (Å²) in [6, 6.07) is 7.60. The van der Waals surface area contributed by atoms with Gasteiger partial charge < -0.3 is 0 Å². The highest BCUT2D eigenvalue weighted by Gasteiger charge is 2.29. The van der Waals surface area contributed by atoms with Crippen molar-refractivity contribution in [2.24, 2.45) is 0 Å². The van der Waals surface area contributed by atoms with Crippen LogP contribution in [0.3, 0.4) is 0 Å². The van der Waals surface area contributed by atoms with Gasteiger partial charge in [0.05, 0.1) is 5.56 Å². The van der Waals surface area contributed by atoms with Crippen molar-refractivity contribution in [3.05, 3.63) is 35.9 Å². The molecule has 0 saturated heterocycles. The zero-order valence-electron chi connectivity index (χ0n) is 6.87. The van der Waals surface area contributed by atoms with Gasteiger partial charge in [-0.05, 0) is 12.1 Å². The first-order valence-corrected chi connectivity index (χ1v) is 3.55. The molecular weight excluding hydrogens is 165 g/mol. The van der Waals surface area contributed by atoms with Gasteiger partial charge in [-0.2, -0.15) is 13.2 Å². The second-order valence-electron chi connectivity index (χ2n) is 1.72. The molecule has 0 aliphatic heterocycles. The Morgan fingerprint density at radius 2 is 1.75 bits per heavy atom. The monoisotopic (exact) mass is 174 g/mol. The van der Waals surface area contributed by atoms with Crippen LogP contribution in [0.4, 0.5) is 13.2 Å². The molecule has 66 valence electrons. The van der Waals surface area contributed by atoms with Crippen LogP contribution in [0.2, 0.25) is 0 Å². The topological polar surface area (TPSA) is 0 Å². The summed E-state index contributed by atoms with van der Waals surface area (Å²) in [7, 11) is 0. The zero-order valence-corrected chi connectivity index (χ0v) is 6.87. The molecule has 0 saturated carbocycles. The number of rotatable bonds is 0. The van der Waals surface area contributed by atoms with Gasteiger partial charge in [0.2, 0.25) is 0 Å². The second kappa shape index (κ2) is 4.66. The quantitative estimate of drug-likeness (QED) is 0.565. The lowest BCUT2D eigenvalue weighted by molar-refractivity contribution is -0.137. The van der Waals surface area contributed by atoms with E-state index in [-0.39, 0.29) is 0 Å². The molecule has 0 N–H and O–H groups in total. The summed E-state index contributed by atoms with van der Waals surface area (Å²) in [6.45, 7) is 4.00. The molecule has 0 nitrogen and oxygen atoms in total. The first kappa shape index (κ1) is 10.8. The third-order valence-corrected chi connectivity index (χ3v) is 0.985. The molecule has 0 bridgehead atoms. The fourth-order valence-corrected chi connectivity index (χ4v) is 0.523. The van der Waals surface area contributed by atoms with E-state index in [1.165, 1.54) is 6.07 Å². The Bertz CT molecular complexity index is 201. The Morgan fingerprint density at radius 1 is 1.17 bits per heavy atom. The van der Waals surface area contributed by atoms with Crippen LogP contribution in [-0.4, -0.2) is 0 Å². The molecular formula is C9H9F3. The Hall–Kier alpha value is -1.17. The van der Waals surface area contributed by atoms with Crippen LogP contribution in [-0.2, 0) is 6.18 Å². The van der Waals surface area contributed by atoms with Crippen LogP contribution in [0, 0.1) is 12.1 Å². The molecule has 0 atom stereocenters. The zero-order chi connectivity index (χ0) is 9.61. The van der Waals surface area contributed by atoms with E-state index in [1.807, 2.05) is 13.8 Å². The van der Waals surface area contributed by atoms with Crippen molar-refractivity contribution in [1.82, 2.24) is 0 Å². The number of alkyl halides is 3. The molecule has 0 unspecified atom stereocenters. The minimum Gasteiger partial charge on any atom is -0.166 e. The summed E-state index contributed by atoms with van der Waals surface area (Å²) < 4.78 is 35.3. The third-order valence-electron chi connectivity index (χ3n) is 0.985. The second-order valence-corrected chi connectivity index (χ2v) is 1.72. The summed E-state index contributed by atoms with van der Waals surface area (Å²) in [6.07, 6.45) is -4.26. The molecule has 3 heteroatoms. The molecule has 0 spiro atoms. The summed E-state index contributed by atoms with van der Waals surface area (Å²) in [5, 5.41) is 0. The van der Waals surface area contributed by atoms with Gasteiger partial charge in [-0.3, -0.25) is 0 Å². The lowest BCUT2D eigenvalue weighted by atomic mass is 10.2. The number of halogens is 3. The van der Waals surface area contributed by atoms with Crippen molar-refractivity contribution in [3.63, 3.8) is 0 Å². The van der Waals surface area contributed by atoms with Crippen molar-refractivity contribution in [3.8, 4) is 0 Å². The van der Waals surface area contributed by atoms with E-state index in [1.54, 1.807) is 0 Å². The molecule has 0 aromatic heterocycles. The summed E-state index contributed by atoms with van der Waals surface area (Å²) >= 11 is 0. The maximum Gasteiger partial charge on any atom is 0.417 e. The Morgan fingerprint density at radius 3 is 2.00 bits per heavy atom. The van der Waals surface area contributed by atoms with Gasteiger partial charge in [-0.1, -0.05) is 26.0 Å². The van der Waals surface area contributed by atoms with Crippen molar-refractivity contribution >= 4 is 0 Å². The van der Waals surface area contributed by atoms with Gasteiger partial charge in [0.1, 0.15) is 0 Å². The molecule has 1 aromatic rings. The predicted molar refractivity (Wildman–Crippen MR) is 40.5 cm³/mol. The molecule has 0 aliphatic rings. The molecule has 1 rings (SSSR count).